The number of ether oxygens (including phenoxy) is 2. The summed E-state index contributed by atoms with van der Waals surface area (Å²) >= 11 is 0. The lowest BCUT2D eigenvalue weighted by molar-refractivity contribution is -0.140. The molecule has 11 heteroatoms. The maximum Gasteiger partial charge on any atom is 0.264 e. The maximum absolute atomic E-state index is 15.1. The number of sulfonamides is 1. The number of aryl methyl sites for hydroxylation is 1. The van der Waals surface area contributed by atoms with Crippen LogP contribution < -0.4 is 19.1 Å². The molecule has 9 nitrogen and oxygen atoms in total. The van der Waals surface area contributed by atoms with Crippen LogP contribution >= 0.6 is 0 Å². The molecule has 0 fully saturated rings. The Hall–Kier alpha value is -4.90. The fraction of sp³-hybridized carbons (Fsp3) is 0.297. The van der Waals surface area contributed by atoms with Crippen molar-refractivity contribution in [1.29, 1.82) is 0 Å². The van der Waals surface area contributed by atoms with Gasteiger partial charge in [-0.25, -0.2) is 12.8 Å². The Morgan fingerprint density at radius 3 is 2.15 bits per heavy atom. The molecule has 0 aliphatic heterocycles. The van der Waals surface area contributed by atoms with E-state index in [1.54, 1.807) is 36.4 Å². The predicted octanol–water partition coefficient (Wildman–Crippen LogP) is 5.90. The highest BCUT2D eigenvalue weighted by Crippen LogP contribution is 2.32. The Morgan fingerprint density at radius 1 is 0.875 bits per heavy atom. The van der Waals surface area contributed by atoms with Crippen molar-refractivity contribution in [2.45, 2.75) is 57.1 Å². The van der Waals surface area contributed by atoms with Crippen LogP contribution in [0.15, 0.2) is 102 Å². The molecule has 0 aliphatic carbocycles. The zero-order valence-electron chi connectivity index (χ0n) is 27.9. The van der Waals surface area contributed by atoms with Gasteiger partial charge in [-0.2, -0.15) is 0 Å². The van der Waals surface area contributed by atoms with Crippen molar-refractivity contribution >= 4 is 27.5 Å². The molecule has 0 unspecified atom stereocenters. The van der Waals surface area contributed by atoms with E-state index in [0.29, 0.717) is 12.2 Å². The lowest BCUT2D eigenvalue weighted by Crippen LogP contribution is -2.54. The summed E-state index contributed by atoms with van der Waals surface area (Å²) < 4.78 is 55.5. The van der Waals surface area contributed by atoms with Crippen molar-refractivity contribution in [3.63, 3.8) is 0 Å². The molecule has 254 valence electrons. The molecular formula is C37H42FN3O6S. The molecule has 0 radical (unpaired) electrons. The molecule has 48 heavy (non-hydrogen) atoms. The molecule has 0 saturated carbocycles. The topological polar surface area (TPSA) is 105 Å². The van der Waals surface area contributed by atoms with E-state index in [-0.39, 0.29) is 40.9 Å². The number of methoxy groups -OCH3 is 2. The van der Waals surface area contributed by atoms with Gasteiger partial charge in [0.05, 0.1) is 24.8 Å². The fourth-order valence-corrected chi connectivity index (χ4v) is 6.58. The number of hydrogen-bond donors (Lipinski definition) is 1. The third-order valence-electron chi connectivity index (χ3n) is 8.11. The Kier molecular flexibility index (Phi) is 12.2. The smallest absolute Gasteiger partial charge is 0.264 e. The highest BCUT2D eigenvalue weighted by Gasteiger charge is 2.35. The quantitative estimate of drug-likeness (QED) is 0.168. The summed E-state index contributed by atoms with van der Waals surface area (Å²) in [6, 6.07) is 24.8. The van der Waals surface area contributed by atoms with E-state index >= 15 is 4.39 Å². The number of nitrogens with zero attached hydrogens (tertiary/aromatic N) is 2. The molecule has 0 aliphatic rings. The average Bonchev–Trinajstić information content (AvgIpc) is 3.09. The van der Waals surface area contributed by atoms with E-state index < -0.39 is 40.2 Å². The lowest BCUT2D eigenvalue weighted by Gasteiger charge is -2.34. The summed E-state index contributed by atoms with van der Waals surface area (Å²) in [5, 5.41) is 2.97. The van der Waals surface area contributed by atoms with Crippen LogP contribution in [-0.4, -0.2) is 58.0 Å². The molecule has 2 amide bonds. The first-order chi connectivity index (χ1) is 23.0. The summed E-state index contributed by atoms with van der Waals surface area (Å²) in [7, 11) is -1.55. The van der Waals surface area contributed by atoms with Crippen LogP contribution in [0.3, 0.4) is 0 Å². The van der Waals surface area contributed by atoms with Gasteiger partial charge in [-0.1, -0.05) is 73.2 Å². The van der Waals surface area contributed by atoms with Crippen molar-refractivity contribution < 1.29 is 31.9 Å². The van der Waals surface area contributed by atoms with Crippen molar-refractivity contribution in [2.24, 2.45) is 0 Å². The average molecular weight is 676 g/mol. The van der Waals surface area contributed by atoms with Crippen LogP contribution in [0.1, 0.15) is 37.0 Å². The van der Waals surface area contributed by atoms with Gasteiger partial charge in [0.1, 0.15) is 18.4 Å². The number of nitrogens with one attached hydrogen (secondary N) is 1. The third kappa shape index (κ3) is 8.71. The second-order valence-corrected chi connectivity index (χ2v) is 13.4. The minimum Gasteiger partial charge on any atom is -0.493 e. The van der Waals surface area contributed by atoms with Gasteiger partial charge < -0.3 is 19.7 Å². The molecule has 0 spiro atoms. The highest BCUT2D eigenvalue weighted by molar-refractivity contribution is 7.92. The molecule has 4 aromatic rings. The van der Waals surface area contributed by atoms with Crippen molar-refractivity contribution in [3.8, 4) is 11.5 Å². The Bertz CT molecular complexity index is 1800. The largest absolute Gasteiger partial charge is 0.493 e. The third-order valence-corrected chi connectivity index (χ3v) is 9.88. The fourth-order valence-electron chi connectivity index (χ4n) is 5.15. The SMILES string of the molecule is CC[C@H](C)NC(=O)[C@H](Cc1ccccc1)N(Cc1ccccc1F)C(=O)CN(c1ccc(C)cc1)S(=O)(=O)c1ccc(OC)c(OC)c1. The van der Waals surface area contributed by atoms with Crippen molar-refractivity contribution in [2.75, 3.05) is 25.1 Å². The zero-order chi connectivity index (χ0) is 34.8. The Labute approximate surface area is 282 Å². The summed E-state index contributed by atoms with van der Waals surface area (Å²) in [6.45, 7) is 4.71. The molecule has 2 atom stereocenters. The number of halogens is 1. The van der Waals surface area contributed by atoms with Gasteiger partial charge in [0.2, 0.25) is 11.8 Å². The van der Waals surface area contributed by atoms with Crippen LogP contribution in [0.5, 0.6) is 11.5 Å². The molecule has 1 N–H and O–H groups in total. The number of hydrogen-bond acceptors (Lipinski definition) is 6. The number of carbonyl (C=O) groups excluding carboxylic acids is 2. The number of rotatable bonds is 15. The molecule has 0 heterocycles. The summed E-state index contributed by atoms with van der Waals surface area (Å²) in [5.41, 5.74) is 2.09. The number of amides is 2. The first-order valence-electron chi connectivity index (χ1n) is 15.7. The van der Waals surface area contributed by atoms with E-state index in [0.717, 1.165) is 15.4 Å². The lowest BCUT2D eigenvalue weighted by atomic mass is 10.0. The molecular weight excluding hydrogens is 633 g/mol. The molecule has 4 aromatic carbocycles. The van der Waals surface area contributed by atoms with E-state index in [9.17, 15) is 18.0 Å². The van der Waals surface area contributed by atoms with Crippen LogP contribution in [0.2, 0.25) is 0 Å². The summed E-state index contributed by atoms with van der Waals surface area (Å²) in [6.07, 6.45) is 0.770. The molecule has 0 aromatic heterocycles. The Morgan fingerprint density at radius 2 is 1.52 bits per heavy atom. The van der Waals surface area contributed by atoms with Crippen LogP contribution in [0.4, 0.5) is 10.1 Å². The summed E-state index contributed by atoms with van der Waals surface area (Å²) in [4.78, 5) is 29.6. The minimum absolute atomic E-state index is 0.121. The predicted molar refractivity (Wildman–Crippen MR) is 184 cm³/mol. The highest BCUT2D eigenvalue weighted by atomic mass is 32.2. The molecule has 4 rings (SSSR count). The van der Waals surface area contributed by atoms with Gasteiger partial charge in [0, 0.05) is 30.6 Å². The zero-order valence-corrected chi connectivity index (χ0v) is 28.7. The number of anilines is 1. The Balaban J connectivity index is 1.84. The van der Waals surface area contributed by atoms with Gasteiger partial charge in [-0.15, -0.1) is 0 Å². The van der Waals surface area contributed by atoms with E-state index in [4.69, 9.17) is 9.47 Å². The second-order valence-electron chi connectivity index (χ2n) is 11.5. The van der Waals surface area contributed by atoms with E-state index in [1.807, 2.05) is 51.1 Å². The van der Waals surface area contributed by atoms with Crippen molar-refractivity contribution in [3.05, 3.63) is 120 Å². The maximum atomic E-state index is 15.1. The van der Waals surface area contributed by atoms with E-state index in [1.165, 1.54) is 49.5 Å². The van der Waals surface area contributed by atoms with Crippen molar-refractivity contribution in [1.82, 2.24) is 10.2 Å². The first kappa shape index (κ1) is 35.9. The number of carbonyl (C=O) groups is 2. The van der Waals surface area contributed by atoms with Gasteiger partial charge in [0.25, 0.3) is 10.0 Å². The second kappa shape index (κ2) is 16.3. The van der Waals surface area contributed by atoms with Gasteiger partial charge in [0.15, 0.2) is 11.5 Å². The van der Waals surface area contributed by atoms with Gasteiger partial charge >= 0.3 is 0 Å². The normalized spacial score (nSPS) is 12.5. The first-order valence-corrected chi connectivity index (χ1v) is 17.1. The molecule has 0 bridgehead atoms. The standard InChI is InChI=1S/C37H42FN3O6S/c1-6-27(3)39-37(43)33(22-28-12-8-7-9-13-28)40(24-29-14-10-11-15-32(29)38)36(42)25-41(30-18-16-26(2)17-19-30)48(44,45)31-20-21-34(46-4)35(23-31)47-5/h7-21,23,27,33H,6,22,24-25H2,1-5H3,(H,39,43)/t27-,33-/m0/s1. The monoisotopic (exact) mass is 675 g/mol. The minimum atomic E-state index is -4.39. The van der Waals surface area contributed by atoms with Crippen LogP contribution in [0.25, 0.3) is 0 Å². The van der Waals surface area contributed by atoms with Gasteiger partial charge in [-0.3, -0.25) is 13.9 Å². The van der Waals surface area contributed by atoms with Crippen LogP contribution in [-0.2, 0) is 32.6 Å². The van der Waals surface area contributed by atoms with Crippen LogP contribution in [0, 0.1) is 12.7 Å². The number of benzene rings is 4. The van der Waals surface area contributed by atoms with Gasteiger partial charge in [-0.05, 0) is 56.2 Å². The van der Waals surface area contributed by atoms with E-state index in [2.05, 4.69) is 5.32 Å². The summed E-state index contributed by atoms with van der Waals surface area (Å²) in [5.74, 6) is -1.14. The molecule has 0 saturated heterocycles.